The van der Waals surface area contributed by atoms with Gasteiger partial charge in [0.15, 0.2) is 0 Å². The molecule has 2 aromatic heterocycles. The average Bonchev–Trinajstić information content (AvgIpc) is 3.29. The Morgan fingerprint density at radius 2 is 1.68 bits per heavy atom. The van der Waals surface area contributed by atoms with Gasteiger partial charge in [-0.2, -0.15) is 0 Å². The molecule has 0 radical (unpaired) electrons. The third kappa shape index (κ3) is 5.31. The van der Waals surface area contributed by atoms with Gasteiger partial charge in [-0.15, -0.1) is 5.10 Å². The lowest BCUT2D eigenvalue weighted by atomic mass is 10.2. The highest BCUT2D eigenvalue weighted by Gasteiger charge is 2.06. The fourth-order valence-electron chi connectivity index (χ4n) is 3.00. The molecular formula is C23H22N6O2. The van der Waals surface area contributed by atoms with Crippen LogP contribution < -0.4 is 10.6 Å². The van der Waals surface area contributed by atoms with Gasteiger partial charge >= 0.3 is 0 Å². The van der Waals surface area contributed by atoms with Gasteiger partial charge in [0.05, 0.1) is 23.1 Å². The van der Waals surface area contributed by atoms with Crippen LogP contribution in [0.3, 0.4) is 0 Å². The summed E-state index contributed by atoms with van der Waals surface area (Å²) in [7, 11) is 0. The molecule has 0 unspecified atom stereocenters. The largest absolute Gasteiger partial charge is 0.396 e. The molecule has 0 aliphatic rings. The number of nitrogens with one attached hydrogen (secondary N) is 2. The van der Waals surface area contributed by atoms with Crippen molar-refractivity contribution in [1.29, 1.82) is 0 Å². The molecule has 0 spiro atoms. The Kier molecular flexibility index (Phi) is 6.29. The van der Waals surface area contributed by atoms with Crippen LogP contribution >= 0.6 is 0 Å². The summed E-state index contributed by atoms with van der Waals surface area (Å²) in [5, 5.41) is 23.4. The number of benzene rings is 2. The molecule has 0 bridgehead atoms. The second-order valence-electron chi connectivity index (χ2n) is 6.93. The smallest absolute Gasteiger partial charge is 0.257 e. The highest BCUT2D eigenvalue weighted by atomic mass is 16.2. The van der Waals surface area contributed by atoms with Crippen molar-refractivity contribution in [3.63, 3.8) is 0 Å². The molecule has 8 nitrogen and oxygen atoms in total. The molecular weight excluding hydrogens is 392 g/mol. The predicted octanol–water partition coefficient (Wildman–Crippen LogP) is 3.58. The van der Waals surface area contributed by atoms with Gasteiger partial charge in [-0.1, -0.05) is 5.21 Å². The van der Waals surface area contributed by atoms with Crippen LogP contribution in [0.15, 0.2) is 79.3 Å². The van der Waals surface area contributed by atoms with Crippen LogP contribution in [0.4, 0.5) is 17.1 Å². The van der Waals surface area contributed by atoms with Crippen LogP contribution in [-0.2, 0) is 6.42 Å². The summed E-state index contributed by atoms with van der Waals surface area (Å²) in [5.74, 6) is -0.197. The normalized spacial score (nSPS) is 10.6. The van der Waals surface area contributed by atoms with Crippen LogP contribution in [0.2, 0.25) is 0 Å². The second-order valence-corrected chi connectivity index (χ2v) is 6.93. The van der Waals surface area contributed by atoms with E-state index in [1.807, 2.05) is 54.7 Å². The minimum absolute atomic E-state index is 0.144. The molecule has 1 amide bonds. The SMILES string of the molecule is O=C(Nc1ccc(Nc2ccc(-n3cc(CCCO)nn3)cc2)cc1)c1cccnc1. The highest BCUT2D eigenvalue weighted by molar-refractivity contribution is 6.04. The third-order valence-electron chi connectivity index (χ3n) is 4.62. The first-order valence-corrected chi connectivity index (χ1v) is 9.92. The lowest BCUT2D eigenvalue weighted by Crippen LogP contribution is -2.11. The van der Waals surface area contributed by atoms with Crippen molar-refractivity contribution in [2.45, 2.75) is 12.8 Å². The topological polar surface area (TPSA) is 105 Å². The number of pyridine rings is 1. The molecule has 0 saturated carbocycles. The summed E-state index contributed by atoms with van der Waals surface area (Å²) in [4.78, 5) is 16.2. The first-order chi connectivity index (χ1) is 15.2. The molecule has 0 fully saturated rings. The molecule has 31 heavy (non-hydrogen) atoms. The zero-order valence-corrected chi connectivity index (χ0v) is 16.8. The van der Waals surface area contributed by atoms with E-state index in [0.717, 1.165) is 22.8 Å². The lowest BCUT2D eigenvalue weighted by molar-refractivity contribution is 0.102. The number of aromatic nitrogens is 4. The van der Waals surface area contributed by atoms with Gasteiger partial charge in [-0.05, 0) is 73.5 Å². The summed E-state index contributed by atoms with van der Waals surface area (Å²) in [6, 6.07) is 18.8. The second kappa shape index (κ2) is 9.64. The number of hydrogen-bond donors (Lipinski definition) is 3. The van der Waals surface area contributed by atoms with Gasteiger partial charge in [-0.25, -0.2) is 4.68 Å². The first kappa shape index (κ1) is 20.2. The summed E-state index contributed by atoms with van der Waals surface area (Å²) in [6.07, 6.45) is 6.41. The third-order valence-corrected chi connectivity index (χ3v) is 4.62. The van der Waals surface area contributed by atoms with Crippen LogP contribution in [0.25, 0.3) is 5.69 Å². The van der Waals surface area contributed by atoms with E-state index in [9.17, 15) is 4.79 Å². The molecule has 0 aliphatic heterocycles. The van der Waals surface area contributed by atoms with Gasteiger partial charge in [0, 0.05) is 36.1 Å². The minimum Gasteiger partial charge on any atom is -0.396 e. The fraction of sp³-hybridized carbons (Fsp3) is 0.130. The van der Waals surface area contributed by atoms with Crippen LogP contribution in [0.1, 0.15) is 22.5 Å². The molecule has 4 aromatic rings. The number of amides is 1. The highest BCUT2D eigenvalue weighted by Crippen LogP contribution is 2.21. The van der Waals surface area contributed by atoms with Gasteiger partial charge < -0.3 is 15.7 Å². The molecule has 3 N–H and O–H groups in total. The molecule has 2 heterocycles. The van der Waals surface area contributed by atoms with Gasteiger partial charge in [0.1, 0.15) is 0 Å². The van der Waals surface area contributed by atoms with Gasteiger partial charge in [0.2, 0.25) is 0 Å². The maximum atomic E-state index is 12.2. The molecule has 0 aliphatic carbocycles. The number of hydrogen-bond acceptors (Lipinski definition) is 6. The zero-order valence-electron chi connectivity index (χ0n) is 16.8. The Labute approximate surface area is 179 Å². The average molecular weight is 414 g/mol. The van der Waals surface area contributed by atoms with Crippen LogP contribution in [0, 0.1) is 0 Å². The summed E-state index contributed by atoms with van der Waals surface area (Å²) in [6.45, 7) is 0.144. The van der Waals surface area contributed by atoms with E-state index in [1.54, 1.807) is 23.0 Å². The summed E-state index contributed by atoms with van der Waals surface area (Å²) < 4.78 is 1.72. The molecule has 8 heteroatoms. The monoisotopic (exact) mass is 414 g/mol. The number of carbonyl (C=O) groups is 1. The Morgan fingerprint density at radius 3 is 2.35 bits per heavy atom. The van der Waals surface area contributed by atoms with E-state index in [-0.39, 0.29) is 12.5 Å². The molecule has 0 atom stereocenters. The molecule has 4 rings (SSSR count). The number of aliphatic hydroxyl groups is 1. The van der Waals surface area contributed by atoms with E-state index in [1.165, 1.54) is 6.20 Å². The molecule has 156 valence electrons. The standard InChI is InChI=1S/C23H22N6O2/c30-14-2-4-21-16-29(28-27-21)22-11-9-19(10-12-22)25-18-5-7-20(8-6-18)26-23(31)17-3-1-13-24-15-17/h1,3,5-13,15-16,25,30H,2,4,14H2,(H,26,31). The maximum absolute atomic E-state index is 12.2. The van der Waals surface area contributed by atoms with Gasteiger partial charge in [-0.3, -0.25) is 9.78 Å². The van der Waals surface area contributed by atoms with E-state index in [2.05, 4.69) is 25.9 Å². The first-order valence-electron chi connectivity index (χ1n) is 9.92. The fourth-order valence-corrected chi connectivity index (χ4v) is 3.00. The van der Waals surface area contributed by atoms with Crippen LogP contribution in [-0.4, -0.2) is 37.6 Å². The number of anilines is 3. The van der Waals surface area contributed by atoms with Gasteiger partial charge in [0.25, 0.3) is 5.91 Å². The van der Waals surface area contributed by atoms with E-state index < -0.39 is 0 Å². The minimum atomic E-state index is -0.197. The Hall–Kier alpha value is -4.04. The van der Waals surface area contributed by atoms with E-state index in [4.69, 9.17) is 5.11 Å². The number of carbonyl (C=O) groups excluding carboxylic acids is 1. The van der Waals surface area contributed by atoms with E-state index >= 15 is 0 Å². The van der Waals surface area contributed by atoms with Crippen molar-refractivity contribution in [2.75, 3.05) is 17.2 Å². The van der Waals surface area contributed by atoms with E-state index in [0.29, 0.717) is 24.1 Å². The van der Waals surface area contributed by atoms with Crippen molar-refractivity contribution in [2.24, 2.45) is 0 Å². The maximum Gasteiger partial charge on any atom is 0.257 e. The quantitative estimate of drug-likeness (QED) is 0.407. The summed E-state index contributed by atoms with van der Waals surface area (Å²) >= 11 is 0. The Balaban J connectivity index is 1.36. The van der Waals surface area contributed by atoms with Crippen molar-refractivity contribution in [3.8, 4) is 5.69 Å². The van der Waals surface area contributed by atoms with Crippen LogP contribution in [0.5, 0.6) is 0 Å². The number of aliphatic hydroxyl groups excluding tert-OH is 1. The Bertz CT molecular complexity index is 1120. The number of nitrogens with zero attached hydrogens (tertiary/aromatic N) is 4. The molecule has 2 aromatic carbocycles. The van der Waals surface area contributed by atoms with Crippen molar-refractivity contribution >= 4 is 23.0 Å². The number of aryl methyl sites for hydroxylation is 1. The van der Waals surface area contributed by atoms with Crippen molar-refractivity contribution in [1.82, 2.24) is 20.0 Å². The number of rotatable bonds is 8. The Morgan fingerprint density at radius 1 is 0.968 bits per heavy atom. The zero-order chi connectivity index (χ0) is 21.5. The molecule has 0 saturated heterocycles. The predicted molar refractivity (Wildman–Crippen MR) is 119 cm³/mol. The lowest BCUT2D eigenvalue weighted by Gasteiger charge is -2.09. The van der Waals surface area contributed by atoms with Crippen molar-refractivity contribution in [3.05, 3.63) is 90.5 Å². The van der Waals surface area contributed by atoms with Crippen molar-refractivity contribution < 1.29 is 9.90 Å². The summed E-state index contributed by atoms with van der Waals surface area (Å²) in [5.41, 5.74) is 4.81.